The van der Waals surface area contributed by atoms with Gasteiger partial charge in [0.1, 0.15) is 6.61 Å². The number of carbonyl (C=O) groups is 1. The molecule has 0 aromatic rings. The predicted octanol–water partition coefficient (Wildman–Crippen LogP) is 3.22. The Morgan fingerprint density at radius 1 is 1.29 bits per heavy atom. The van der Waals surface area contributed by atoms with Crippen molar-refractivity contribution in [2.75, 3.05) is 13.2 Å². The van der Waals surface area contributed by atoms with Gasteiger partial charge in [-0.1, -0.05) is 32.4 Å². The molecule has 96 valence electrons. The predicted molar refractivity (Wildman–Crippen MR) is 67.4 cm³/mol. The summed E-state index contributed by atoms with van der Waals surface area (Å²) in [4.78, 5) is 11.4. The molecule has 0 bridgehead atoms. The van der Waals surface area contributed by atoms with E-state index in [1.807, 2.05) is 0 Å². The standard InChI is InChI=1S/C14H22O3/c1-4-16-10-14(8-6-5-7-9-14)11-17-13(15)12(2)3/h4H,1-2,5-11H2,3H3. The van der Waals surface area contributed by atoms with Crippen LogP contribution >= 0.6 is 0 Å². The van der Waals surface area contributed by atoms with E-state index in [2.05, 4.69) is 13.2 Å². The third-order valence-corrected chi connectivity index (χ3v) is 3.28. The summed E-state index contributed by atoms with van der Waals surface area (Å²) < 4.78 is 10.6. The molecule has 1 saturated carbocycles. The van der Waals surface area contributed by atoms with E-state index >= 15 is 0 Å². The highest BCUT2D eigenvalue weighted by Gasteiger charge is 2.34. The van der Waals surface area contributed by atoms with Gasteiger partial charge in [-0.2, -0.15) is 0 Å². The summed E-state index contributed by atoms with van der Waals surface area (Å²) in [6, 6.07) is 0. The molecule has 3 heteroatoms. The maximum Gasteiger partial charge on any atom is 0.333 e. The smallest absolute Gasteiger partial charge is 0.333 e. The number of hydrogen-bond acceptors (Lipinski definition) is 3. The van der Waals surface area contributed by atoms with Gasteiger partial charge >= 0.3 is 5.97 Å². The molecule has 0 saturated heterocycles. The maximum absolute atomic E-state index is 11.4. The first-order valence-corrected chi connectivity index (χ1v) is 6.15. The minimum absolute atomic E-state index is 0.0302. The lowest BCUT2D eigenvalue weighted by Gasteiger charge is -2.35. The van der Waals surface area contributed by atoms with Crippen LogP contribution in [0, 0.1) is 5.41 Å². The molecule has 1 aliphatic rings. The van der Waals surface area contributed by atoms with Crippen molar-refractivity contribution in [3.63, 3.8) is 0 Å². The van der Waals surface area contributed by atoms with Crippen molar-refractivity contribution in [2.45, 2.75) is 39.0 Å². The molecule has 0 radical (unpaired) electrons. The SMILES string of the molecule is C=COCC1(COC(=O)C(=C)C)CCCCC1. The molecule has 0 unspecified atom stereocenters. The van der Waals surface area contributed by atoms with Gasteiger partial charge in [-0.25, -0.2) is 4.79 Å². The van der Waals surface area contributed by atoms with Gasteiger partial charge in [0.15, 0.2) is 0 Å². The average Bonchev–Trinajstić information content (AvgIpc) is 2.34. The molecule has 0 aromatic heterocycles. The van der Waals surface area contributed by atoms with Gasteiger partial charge in [0, 0.05) is 11.0 Å². The van der Waals surface area contributed by atoms with E-state index in [9.17, 15) is 4.79 Å². The van der Waals surface area contributed by atoms with Crippen LogP contribution < -0.4 is 0 Å². The summed E-state index contributed by atoms with van der Waals surface area (Å²) in [5, 5.41) is 0. The molecule has 1 rings (SSSR count). The fourth-order valence-electron chi connectivity index (χ4n) is 2.21. The number of carbonyl (C=O) groups excluding carboxylic acids is 1. The van der Waals surface area contributed by atoms with Crippen LogP contribution in [0.2, 0.25) is 0 Å². The summed E-state index contributed by atoms with van der Waals surface area (Å²) in [6.45, 7) is 9.81. The van der Waals surface area contributed by atoms with Crippen LogP contribution in [0.15, 0.2) is 25.0 Å². The molecule has 0 aromatic carbocycles. The number of rotatable bonds is 6. The van der Waals surface area contributed by atoms with E-state index in [-0.39, 0.29) is 11.4 Å². The third kappa shape index (κ3) is 4.25. The fraction of sp³-hybridized carbons (Fsp3) is 0.643. The van der Waals surface area contributed by atoms with Crippen molar-refractivity contribution in [1.82, 2.24) is 0 Å². The molecule has 0 spiro atoms. The summed E-state index contributed by atoms with van der Waals surface area (Å²) in [6.07, 6.45) is 7.14. The Hall–Kier alpha value is -1.25. The lowest BCUT2D eigenvalue weighted by atomic mass is 9.75. The molecular weight excluding hydrogens is 216 g/mol. The lowest BCUT2D eigenvalue weighted by molar-refractivity contribution is -0.144. The molecule has 1 aliphatic carbocycles. The fourth-order valence-corrected chi connectivity index (χ4v) is 2.21. The molecule has 3 nitrogen and oxygen atoms in total. The molecule has 0 heterocycles. The second-order valence-electron chi connectivity index (χ2n) is 4.89. The highest BCUT2D eigenvalue weighted by molar-refractivity contribution is 5.86. The van der Waals surface area contributed by atoms with Crippen molar-refractivity contribution in [2.24, 2.45) is 5.41 Å². The van der Waals surface area contributed by atoms with Gasteiger partial charge in [-0.15, -0.1) is 0 Å². The lowest BCUT2D eigenvalue weighted by Crippen LogP contribution is -2.35. The van der Waals surface area contributed by atoms with Crippen LogP contribution in [0.5, 0.6) is 0 Å². The summed E-state index contributed by atoms with van der Waals surface area (Å²) in [5.41, 5.74) is 0.415. The van der Waals surface area contributed by atoms with E-state index in [0.29, 0.717) is 18.8 Å². The number of ether oxygens (including phenoxy) is 2. The van der Waals surface area contributed by atoms with Crippen molar-refractivity contribution in [3.05, 3.63) is 25.0 Å². The average molecular weight is 238 g/mol. The monoisotopic (exact) mass is 238 g/mol. The topological polar surface area (TPSA) is 35.5 Å². The van der Waals surface area contributed by atoms with Gasteiger partial charge < -0.3 is 9.47 Å². The molecule has 0 aliphatic heterocycles. The van der Waals surface area contributed by atoms with Crippen molar-refractivity contribution >= 4 is 5.97 Å². The summed E-state index contributed by atoms with van der Waals surface area (Å²) in [5.74, 6) is -0.312. The van der Waals surface area contributed by atoms with Crippen molar-refractivity contribution in [3.8, 4) is 0 Å². The second-order valence-corrected chi connectivity index (χ2v) is 4.89. The largest absolute Gasteiger partial charge is 0.501 e. The van der Waals surface area contributed by atoms with Crippen LogP contribution in [0.25, 0.3) is 0 Å². The van der Waals surface area contributed by atoms with E-state index < -0.39 is 0 Å². The Bertz CT molecular complexity index is 288. The first-order valence-electron chi connectivity index (χ1n) is 6.15. The van der Waals surface area contributed by atoms with E-state index in [1.165, 1.54) is 25.5 Å². The molecular formula is C14H22O3. The normalized spacial score (nSPS) is 18.2. The van der Waals surface area contributed by atoms with Crippen LogP contribution in [0.3, 0.4) is 0 Å². The quantitative estimate of drug-likeness (QED) is 0.405. The van der Waals surface area contributed by atoms with Gasteiger partial charge in [0.25, 0.3) is 0 Å². The third-order valence-electron chi connectivity index (χ3n) is 3.28. The minimum Gasteiger partial charge on any atom is -0.501 e. The highest BCUT2D eigenvalue weighted by Crippen LogP contribution is 2.37. The molecule has 0 atom stereocenters. The van der Waals surface area contributed by atoms with E-state index in [4.69, 9.17) is 9.47 Å². The Labute approximate surface area is 103 Å². The van der Waals surface area contributed by atoms with Crippen LogP contribution in [0.1, 0.15) is 39.0 Å². The Balaban J connectivity index is 2.53. The first kappa shape index (κ1) is 13.8. The summed E-state index contributed by atoms with van der Waals surface area (Å²) >= 11 is 0. The van der Waals surface area contributed by atoms with E-state index in [1.54, 1.807) is 6.92 Å². The zero-order valence-electron chi connectivity index (χ0n) is 10.7. The van der Waals surface area contributed by atoms with Crippen molar-refractivity contribution < 1.29 is 14.3 Å². The number of hydrogen-bond donors (Lipinski definition) is 0. The molecule has 0 N–H and O–H groups in total. The first-order chi connectivity index (χ1) is 8.09. The van der Waals surface area contributed by atoms with Gasteiger partial charge in [0.2, 0.25) is 0 Å². The highest BCUT2D eigenvalue weighted by atomic mass is 16.5. The van der Waals surface area contributed by atoms with Crippen molar-refractivity contribution in [1.29, 1.82) is 0 Å². The van der Waals surface area contributed by atoms with Crippen LogP contribution in [0.4, 0.5) is 0 Å². The second kappa shape index (κ2) is 6.48. The maximum atomic E-state index is 11.4. The zero-order chi connectivity index (χ0) is 12.7. The molecule has 17 heavy (non-hydrogen) atoms. The van der Waals surface area contributed by atoms with E-state index in [0.717, 1.165) is 12.8 Å². The zero-order valence-corrected chi connectivity index (χ0v) is 10.7. The van der Waals surface area contributed by atoms with Crippen LogP contribution in [-0.4, -0.2) is 19.2 Å². The Kier molecular flexibility index (Phi) is 5.26. The molecule has 0 amide bonds. The van der Waals surface area contributed by atoms with Crippen LogP contribution in [-0.2, 0) is 14.3 Å². The molecule has 1 fully saturated rings. The Morgan fingerprint density at radius 2 is 1.94 bits per heavy atom. The Morgan fingerprint density at radius 3 is 2.47 bits per heavy atom. The number of esters is 1. The van der Waals surface area contributed by atoms with Gasteiger partial charge in [0.05, 0.1) is 12.9 Å². The van der Waals surface area contributed by atoms with Gasteiger partial charge in [-0.3, -0.25) is 0 Å². The van der Waals surface area contributed by atoms with Gasteiger partial charge in [-0.05, 0) is 19.8 Å². The minimum atomic E-state index is -0.312. The summed E-state index contributed by atoms with van der Waals surface area (Å²) in [7, 11) is 0.